The second kappa shape index (κ2) is 4.54. The molecule has 0 unspecified atom stereocenters. The van der Waals surface area contributed by atoms with Crippen LogP contribution < -0.4 is 4.74 Å². The minimum atomic E-state index is 0.222. The Hall–Kier alpha value is -0.450. The number of hydrogen-bond donors (Lipinski definition) is 1. The van der Waals surface area contributed by atoms with Crippen LogP contribution in [-0.4, -0.2) is 16.6 Å². The van der Waals surface area contributed by atoms with Gasteiger partial charge < -0.3 is 9.84 Å². The van der Waals surface area contributed by atoms with Crippen molar-refractivity contribution >= 4 is 22.6 Å². The quantitative estimate of drug-likeness (QED) is 0.679. The Labute approximate surface area is 85.7 Å². The zero-order valence-electron chi connectivity index (χ0n) is 6.88. The van der Waals surface area contributed by atoms with E-state index in [0.717, 1.165) is 16.4 Å². The van der Waals surface area contributed by atoms with Crippen LogP contribution in [0.2, 0.25) is 0 Å². The molecule has 0 bridgehead atoms. The topological polar surface area (TPSA) is 29.5 Å². The molecule has 1 aromatic rings. The third kappa shape index (κ3) is 2.27. The van der Waals surface area contributed by atoms with Crippen molar-refractivity contribution in [3.05, 3.63) is 23.8 Å². The Kier molecular flexibility index (Phi) is 3.65. The van der Waals surface area contributed by atoms with Crippen molar-refractivity contribution in [2.24, 2.45) is 0 Å². The largest absolute Gasteiger partial charge is 0.504 e. The molecule has 0 saturated heterocycles. The molecule has 0 atom stereocenters. The summed E-state index contributed by atoms with van der Waals surface area (Å²) in [6, 6.07) is 5.51. The average Bonchev–Trinajstić information content (AvgIpc) is 2.05. The molecule has 0 saturated carbocycles. The standard InChI is InChI=1S/C9H11IO2/c1-12-9-3-2-7(4-5-10)6-8(9)11/h2-3,6,11H,4-5H2,1H3. The first-order valence-corrected chi connectivity index (χ1v) is 5.22. The lowest BCUT2D eigenvalue weighted by Gasteiger charge is -2.04. The fourth-order valence-electron chi connectivity index (χ4n) is 1.00. The number of alkyl halides is 1. The number of ether oxygens (including phenoxy) is 1. The highest BCUT2D eigenvalue weighted by Gasteiger charge is 2.00. The van der Waals surface area contributed by atoms with E-state index in [-0.39, 0.29) is 5.75 Å². The molecular formula is C9H11IO2. The SMILES string of the molecule is COc1ccc(CCI)cc1O. The summed E-state index contributed by atoms with van der Waals surface area (Å²) in [4.78, 5) is 0. The molecule has 2 nitrogen and oxygen atoms in total. The van der Waals surface area contributed by atoms with Crippen LogP contribution >= 0.6 is 22.6 Å². The van der Waals surface area contributed by atoms with E-state index in [1.54, 1.807) is 19.2 Å². The summed E-state index contributed by atoms with van der Waals surface area (Å²) in [5.41, 5.74) is 1.14. The number of hydrogen-bond acceptors (Lipinski definition) is 2. The summed E-state index contributed by atoms with van der Waals surface area (Å²) in [5, 5.41) is 9.39. The molecule has 0 aliphatic carbocycles. The van der Waals surface area contributed by atoms with Crippen LogP contribution in [0.3, 0.4) is 0 Å². The van der Waals surface area contributed by atoms with Crippen molar-refractivity contribution < 1.29 is 9.84 Å². The van der Waals surface area contributed by atoms with Crippen LogP contribution in [0, 0.1) is 0 Å². The lowest BCUT2D eigenvalue weighted by Crippen LogP contribution is -1.88. The maximum Gasteiger partial charge on any atom is 0.160 e. The van der Waals surface area contributed by atoms with Crippen LogP contribution in [-0.2, 0) is 6.42 Å². The van der Waals surface area contributed by atoms with Gasteiger partial charge in [-0.2, -0.15) is 0 Å². The minimum absolute atomic E-state index is 0.222. The van der Waals surface area contributed by atoms with Gasteiger partial charge in [0.25, 0.3) is 0 Å². The predicted octanol–water partition coefficient (Wildman–Crippen LogP) is 2.38. The third-order valence-electron chi connectivity index (χ3n) is 1.63. The maximum atomic E-state index is 9.39. The number of aryl methyl sites for hydroxylation is 1. The molecule has 0 aliphatic heterocycles. The predicted molar refractivity (Wildman–Crippen MR) is 57.2 cm³/mol. The molecule has 0 amide bonds. The molecule has 0 spiro atoms. The van der Waals surface area contributed by atoms with Gasteiger partial charge in [0.05, 0.1) is 7.11 Å². The molecule has 0 radical (unpaired) electrons. The lowest BCUT2D eigenvalue weighted by molar-refractivity contribution is 0.373. The van der Waals surface area contributed by atoms with Gasteiger partial charge in [0.15, 0.2) is 11.5 Å². The van der Waals surface area contributed by atoms with E-state index >= 15 is 0 Å². The van der Waals surface area contributed by atoms with Crippen LogP contribution in [0.4, 0.5) is 0 Å². The van der Waals surface area contributed by atoms with Gasteiger partial charge in [0.2, 0.25) is 0 Å². The highest BCUT2D eigenvalue weighted by molar-refractivity contribution is 14.1. The minimum Gasteiger partial charge on any atom is -0.504 e. The number of halogens is 1. The molecule has 0 heterocycles. The molecule has 12 heavy (non-hydrogen) atoms. The summed E-state index contributed by atoms with van der Waals surface area (Å²) in [6.45, 7) is 0. The molecule has 0 aliphatic rings. The second-order valence-electron chi connectivity index (χ2n) is 2.45. The highest BCUT2D eigenvalue weighted by Crippen LogP contribution is 2.26. The van der Waals surface area contributed by atoms with Crippen molar-refractivity contribution in [1.82, 2.24) is 0 Å². The van der Waals surface area contributed by atoms with Crippen LogP contribution in [0.1, 0.15) is 5.56 Å². The Morgan fingerprint density at radius 3 is 2.75 bits per heavy atom. The summed E-state index contributed by atoms with van der Waals surface area (Å²) >= 11 is 2.31. The van der Waals surface area contributed by atoms with Gasteiger partial charge in [-0.3, -0.25) is 0 Å². The van der Waals surface area contributed by atoms with E-state index in [2.05, 4.69) is 22.6 Å². The van der Waals surface area contributed by atoms with E-state index in [1.807, 2.05) is 6.07 Å². The van der Waals surface area contributed by atoms with Gasteiger partial charge in [-0.15, -0.1) is 0 Å². The van der Waals surface area contributed by atoms with Gasteiger partial charge in [-0.1, -0.05) is 28.7 Å². The van der Waals surface area contributed by atoms with E-state index in [9.17, 15) is 5.11 Å². The summed E-state index contributed by atoms with van der Waals surface area (Å²) < 4.78 is 5.99. The van der Waals surface area contributed by atoms with Gasteiger partial charge >= 0.3 is 0 Å². The van der Waals surface area contributed by atoms with E-state index in [1.165, 1.54) is 0 Å². The van der Waals surface area contributed by atoms with Gasteiger partial charge in [0, 0.05) is 4.43 Å². The smallest absolute Gasteiger partial charge is 0.160 e. The van der Waals surface area contributed by atoms with E-state index in [0.29, 0.717) is 5.75 Å². The number of benzene rings is 1. The second-order valence-corrected chi connectivity index (χ2v) is 3.52. The molecule has 0 fully saturated rings. The van der Waals surface area contributed by atoms with Crippen molar-refractivity contribution in [1.29, 1.82) is 0 Å². The lowest BCUT2D eigenvalue weighted by atomic mass is 10.1. The molecule has 1 rings (SSSR count). The van der Waals surface area contributed by atoms with E-state index < -0.39 is 0 Å². The summed E-state index contributed by atoms with van der Waals surface area (Å²) in [7, 11) is 1.55. The normalized spacial score (nSPS) is 9.83. The Bertz CT molecular complexity index is 261. The monoisotopic (exact) mass is 278 g/mol. The van der Waals surface area contributed by atoms with Gasteiger partial charge in [-0.05, 0) is 24.1 Å². The average molecular weight is 278 g/mol. The van der Waals surface area contributed by atoms with E-state index in [4.69, 9.17) is 4.74 Å². The van der Waals surface area contributed by atoms with Crippen LogP contribution in [0.25, 0.3) is 0 Å². The summed E-state index contributed by atoms with van der Waals surface area (Å²) in [5.74, 6) is 0.757. The third-order valence-corrected chi connectivity index (χ3v) is 2.17. The number of methoxy groups -OCH3 is 1. The number of aromatic hydroxyl groups is 1. The van der Waals surface area contributed by atoms with Crippen molar-refractivity contribution in [2.75, 3.05) is 11.5 Å². The number of phenolic OH excluding ortho intramolecular Hbond substituents is 1. The number of rotatable bonds is 3. The van der Waals surface area contributed by atoms with Crippen molar-refractivity contribution in [3.8, 4) is 11.5 Å². The van der Waals surface area contributed by atoms with Gasteiger partial charge in [0.1, 0.15) is 0 Å². The summed E-state index contributed by atoms with van der Waals surface area (Å²) in [6.07, 6.45) is 0.984. The molecule has 0 aromatic heterocycles. The van der Waals surface area contributed by atoms with Crippen LogP contribution in [0.5, 0.6) is 11.5 Å². The Balaban J connectivity index is 2.86. The Morgan fingerprint density at radius 1 is 1.50 bits per heavy atom. The molecule has 66 valence electrons. The van der Waals surface area contributed by atoms with Crippen LogP contribution in [0.15, 0.2) is 18.2 Å². The highest BCUT2D eigenvalue weighted by atomic mass is 127. The number of phenols is 1. The first-order valence-electron chi connectivity index (χ1n) is 3.69. The molecule has 1 aromatic carbocycles. The van der Waals surface area contributed by atoms with Gasteiger partial charge in [-0.25, -0.2) is 0 Å². The molecule has 1 N–H and O–H groups in total. The Morgan fingerprint density at radius 2 is 2.25 bits per heavy atom. The molecular weight excluding hydrogens is 267 g/mol. The first-order chi connectivity index (χ1) is 5.77. The maximum absolute atomic E-state index is 9.39. The fourth-order valence-corrected chi connectivity index (χ4v) is 1.62. The van der Waals surface area contributed by atoms with Crippen molar-refractivity contribution in [3.63, 3.8) is 0 Å². The zero-order valence-corrected chi connectivity index (χ0v) is 9.04. The van der Waals surface area contributed by atoms with Crippen molar-refractivity contribution in [2.45, 2.75) is 6.42 Å². The molecule has 3 heteroatoms. The zero-order chi connectivity index (χ0) is 8.97. The first kappa shape index (κ1) is 9.64. The fraction of sp³-hybridized carbons (Fsp3) is 0.333.